The predicted octanol–water partition coefficient (Wildman–Crippen LogP) is 19.8. The summed E-state index contributed by atoms with van der Waals surface area (Å²) >= 11 is 0. The molecule has 0 N–H and O–H groups in total. The van der Waals surface area contributed by atoms with Crippen molar-refractivity contribution in [3.63, 3.8) is 0 Å². The molecule has 5 nitrogen and oxygen atoms in total. The van der Waals surface area contributed by atoms with Crippen molar-refractivity contribution in [2.75, 3.05) is 0 Å². The molecule has 0 bridgehead atoms. The van der Waals surface area contributed by atoms with Crippen LogP contribution in [0.2, 0.25) is 0 Å². The van der Waals surface area contributed by atoms with Crippen molar-refractivity contribution >= 4 is 32.7 Å². The van der Waals surface area contributed by atoms with E-state index >= 15 is 0 Å². The van der Waals surface area contributed by atoms with E-state index in [9.17, 15) is 0 Å². The van der Waals surface area contributed by atoms with Crippen molar-refractivity contribution in [3.05, 3.63) is 260 Å². The summed E-state index contributed by atoms with van der Waals surface area (Å²) in [6.07, 6.45) is 5.86. The smallest absolute Gasteiger partial charge is 0.268 e. The molecule has 1 aliphatic rings. The Bertz CT molecular complexity index is 4680. The number of hydrogen-bond donors (Lipinski definition) is 0. The molecule has 10 aromatic carbocycles. The van der Waals surface area contributed by atoms with Crippen molar-refractivity contribution in [3.8, 4) is 95.6 Å². The molecule has 0 saturated carbocycles. The van der Waals surface area contributed by atoms with Gasteiger partial charge in [0.1, 0.15) is 5.82 Å². The Kier molecular flexibility index (Phi) is 13.4. The van der Waals surface area contributed by atoms with Crippen LogP contribution in [0, 0.1) is 18.5 Å². The number of imidazole rings is 1. The maximum absolute atomic E-state index is 6.96. The van der Waals surface area contributed by atoms with Crippen LogP contribution in [-0.4, -0.2) is 14.1 Å². The summed E-state index contributed by atoms with van der Waals surface area (Å²) in [7, 11) is 0. The van der Waals surface area contributed by atoms with Crippen LogP contribution < -0.4 is 9.30 Å². The molecule has 1 aliphatic carbocycles. The second kappa shape index (κ2) is 20.8. The maximum atomic E-state index is 6.96. The first-order valence-electron chi connectivity index (χ1n) is 28.9. The van der Waals surface area contributed by atoms with Crippen LogP contribution >= 0.6 is 0 Å². The largest absolute Gasteiger partial charge is 0.510 e. The summed E-state index contributed by atoms with van der Waals surface area (Å²) in [6, 6.07) is 86.4. The van der Waals surface area contributed by atoms with Crippen LogP contribution in [0.25, 0.3) is 117 Å². The number of aromatic nitrogens is 4. The third-order valence-electron chi connectivity index (χ3n) is 16.6. The molecule has 84 heavy (non-hydrogen) atoms. The normalized spacial score (nSPS) is 12.2. The molecule has 0 amide bonds. The number of para-hydroxylation sites is 3. The van der Waals surface area contributed by atoms with Crippen molar-refractivity contribution < 1.29 is 30.4 Å². The summed E-state index contributed by atoms with van der Waals surface area (Å²) < 4.78 is 13.6. The van der Waals surface area contributed by atoms with E-state index in [4.69, 9.17) is 9.72 Å². The van der Waals surface area contributed by atoms with E-state index in [2.05, 4.69) is 295 Å². The molecule has 14 rings (SSSR count). The van der Waals surface area contributed by atoms with Crippen LogP contribution in [-0.2, 0) is 37.3 Å². The summed E-state index contributed by atoms with van der Waals surface area (Å²) in [4.78, 5) is 5.14. The second-order valence-corrected chi connectivity index (χ2v) is 25.3. The minimum Gasteiger partial charge on any atom is -0.510 e. The predicted molar refractivity (Wildman–Crippen MR) is 342 cm³/mol. The number of pyridine rings is 1. The van der Waals surface area contributed by atoms with Gasteiger partial charge in [0.05, 0.1) is 16.7 Å². The summed E-state index contributed by atoms with van der Waals surface area (Å²) in [6.45, 7) is 20.6. The van der Waals surface area contributed by atoms with Gasteiger partial charge in [0.15, 0.2) is 0 Å². The number of rotatable bonds is 8. The van der Waals surface area contributed by atoms with Crippen molar-refractivity contribution in [1.29, 1.82) is 0 Å². The molecule has 0 spiro atoms. The van der Waals surface area contributed by atoms with Gasteiger partial charge in [0.2, 0.25) is 0 Å². The van der Waals surface area contributed by atoms with E-state index in [-0.39, 0.29) is 37.3 Å². The second-order valence-electron chi connectivity index (χ2n) is 25.3. The van der Waals surface area contributed by atoms with E-state index in [0.717, 1.165) is 83.8 Å². The molecule has 0 saturated heterocycles. The summed E-state index contributed by atoms with van der Waals surface area (Å²) in [5.74, 6) is 1.95. The van der Waals surface area contributed by atoms with Crippen LogP contribution in [0.5, 0.6) is 11.5 Å². The van der Waals surface area contributed by atoms with Gasteiger partial charge in [0, 0.05) is 50.0 Å². The number of hydrogen-bond acceptors (Lipinski definition) is 2. The molecule has 0 aliphatic heterocycles. The molecule has 13 aromatic rings. The summed E-state index contributed by atoms with van der Waals surface area (Å²) in [5, 5.41) is 3.50. The number of benzene rings is 10. The van der Waals surface area contributed by atoms with Crippen molar-refractivity contribution in [2.45, 2.75) is 78.6 Å². The third kappa shape index (κ3) is 9.49. The molecule has 0 fully saturated rings. The molecule has 0 radical (unpaired) electrons. The van der Waals surface area contributed by atoms with Gasteiger partial charge >= 0.3 is 0 Å². The van der Waals surface area contributed by atoms with E-state index in [0.29, 0.717) is 11.5 Å². The number of nitrogens with zero attached hydrogens (tertiary/aromatic N) is 4. The van der Waals surface area contributed by atoms with E-state index in [1.165, 1.54) is 49.7 Å². The van der Waals surface area contributed by atoms with Gasteiger partial charge < -0.3 is 13.9 Å². The quantitative estimate of drug-likeness (QED) is 0.112. The Morgan fingerprint density at radius 2 is 1.05 bits per heavy atom. The van der Waals surface area contributed by atoms with Gasteiger partial charge in [0.25, 0.3) is 6.33 Å². The first-order valence-corrected chi connectivity index (χ1v) is 28.9. The van der Waals surface area contributed by atoms with Crippen LogP contribution in [0.4, 0.5) is 0 Å². The van der Waals surface area contributed by atoms with E-state index in [1.807, 2.05) is 24.4 Å². The Labute approximate surface area is 507 Å². The molecule has 0 atom stereocenters. The van der Waals surface area contributed by atoms with Crippen LogP contribution in [0.15, 0.2) is 225 Å². The SMILES string of the molecule is CC(C)(C)c1cc(-c2cccc(-c3cccc(-c4ccccc4)c3)c2-[n+]2[c-]n(-c3[c-]c(Oc4[c-]c5c(cc4)c4c(n5-c5cc(C(C)(C)C)ccn5)-c5ccccc5-c5cccc6cccc-4c56)ccc3)c3ccccc32)cc(C(C)(C)C)c1.[Pt]. The molecule has 3 aromatic heterocycles. The fraction of sp³-hybridized carbons (Fsp3) is 0.154. The third-order valence-corrected chi connectivity index (χ3v) is 16.6. The zero-order valence-corrected chi connectivity index (χ0v) is 51.1. The zero-order chi connectivity index (χ0) is 56.9. The first-order chi connectivity index (χ1) is 40.0. The molecular formula is C78H64N4OPt-2. The van der Waals surface area contributed by atoms with Gasteiger partial charge in [-0.25, -0.2) is 4.98 Å². The Morgan fingerprint density at radius 1 is 0.452 bits per heavy atom. The number of fused-ring (bicyclic) bond motifs is 8. The molecule has 414 valence electrons. The minimum atomic E-state index is -0.105. The average Bonchev–Trinajstić information content (AvgIpc) is 1.79. The van der Waals surface area contributed by atoms with Crippen molar-refractivity contribution in [1.82, 2.24) is 14.1 Å². The zero-order valence-electron chi connectivity index (χ0n) is 48.9. The molecule has 3 heterocycles. The van der Waals surface area contributed by atoms with Gasteiger partial charge in [-0.3, -0.25) is 4.57 Å². The van der Waals surface area contributed by atoms with Gasteiger partial charge in [-0.05, 0) is 123 Å². The maximum Gasteiger partial charge on any atom is 0.268 e. The minimum absolute atomic E-state index is 0. The molecule has 6 heteroatoms. The fourth-order valence-electron chi connectivity index (χ4n) is 12.3. The van der Waals surface area contributed by atoms with Crippen LogP contribution in [0.3, 0.4) is 0 Å². The van der Waals surface area contributed by atoms with E-state index < -0.39 is 0 Å². The Morgan fingerprint density at radius 3 is 1.80 bits per heavy atom. The monoisotopic (exact) mass is 1270 g/mol. The topological polar surface area (TPSA) is 35.9 Å². The Hall–Kier alpha value is -8.89. The fourth-order valence-corrected chi connectivity index (χ4v) is 12.3. The van der Waals surface area contributed by atoms with Crippen LogP contribution in [0.1, 0.15) is 79.0 Å². The van der Waals surface area contributed by atoms with Gasteiger partial charge in [-0.1, -0.05) is 238 Å². The standard InChI is InChI=1S/C78H64N4O.Pt/c1-76(2,3)55-40-41-79-71(46-55)82-70-48-60(38-39-66(70)73-67-35-19-25-51-24-18-34-64(72(51)67)63-30-13-14-31-65(63)75(73)82)83-59-29-20-28-58(47-59)80-49-81(69-37-16-15-36-68(69)80)74-61(53-27-17-26-52(42-53)50-22-11-10-12-23-50)32-21-33-62(74)54-43-56(77(4,5)6)45-57(44-54)78(7,8)9;/h10-46H,1-9H3;/q-2;. The molecular weight excluding hydrogens is 1200 g/mol. The molecule has 0 unspecified atom stereocenters. The van der Waals surface area contributed by atoms with E-state index in [1.54, 1.807) is 0 Å². The van der Waals surface area contributed by atoms with Gasteiger partial charge in [-0.2, -0.15) is 18.2 Å². The summed E-state index contributed by atoms with van der Waals surface area (Å²) in [5.41, 5.74) is 22.0. The Balaban J connectivity index is 0.00000658. The van der Waals surface area contributed by atoms with Crippen molar-refractivity contribution in [2.24, 2.45) is 0 Å². The number of ether oxygens (including phenoxy) is 1. The first kappa shape index (κ1) is 54.4. The van der Waals surface area contributed by atoms with Gasteiger partial charge in [-0.15, -0.1) is 29.7 Å². The average molecular weight is 1270 g/mol.